The molecule has 0 amide bonds. The Hall–Kier alpha value is -1.59. The molecule has 0 aromatic carbocycles. The Morgan fingerprint density at radius 1 is 0.444 bits per heavy atom. The van der Waals surface area contributed by atoms with E-state index in [-0.39, 0.29) is 11.9 Å². The molecule has 0 aromatic rings. The van der Waals surface area contributed by atoms with Gasteiger partial charge in [0, 0.05) is 19.3 Å². The van der Waals surface area contributed by atoms with Gasteiger partial charge in [0.05, 0.1) is 14.2 Å². The van der Waals surface area contributed by atoms with E-state index in [9.17, 15) is 14.4 Å². The first-order valence-corrected chi connectivity index (χ1v) is 14.8. The highest BCUT2D eigenvalue weighted by Crippen LogP contribution is 2.13. The molecule has 0 aliphatic carbocycles. The van der Waals surface area contributed by atoms with Crippen LogP contribution < -0.4 is 0 Å². The number of hydrogen-bond acceptors (Lipinski definition) is 5. The van der Waals surface area contributed by atoms with E-state index in [0.717, 1.165) is 51.4 Å². The lowest BCUT2D eigenvalue weighted by atomic mass is 10.0. The molecule has 0 spiro atoms. The van der Waals surface area contributed by atoms with Crippen molar-refractivity contribution in [2.75, 3.05) is 14.2 Å². The average molecular weight is 515 g/mol. The molecular formula is C30H58O6. The molecule has 0 aliphatic heterocycles. The standard InChI is InChI=1S/C18H36O2.C12H22O4/c1-2-3-4-5-6-7-8-9-10-11-12-13-14-15-16-17-18(19)20;1-15-11(13)9-7-5-3-4-6-8-10-12(14)16-2/h2-17H2,1H3,(H,19,20);3-10H2,1-2H3. The SMILES string of the molecule is CCCCCCCCCCCCCCCCCC(=O)O.COC(=O)CCCCCCCCC(=O)OC. The second-order valence-electron chi connectivity index (χ2n) is 9.87. The average Bonchev–Trinajstić information content (AvgIpc) is 2.87. The Kier molecular flexibility index (Phi) is 31.9. The van der Waals surface area contributed by atoms with Crippen LogP contribution in [-0.2, 0) is 23.9 Å². The van der Waals surface area contributed by atoms with Crippen LogP contribution in [0.1, 0.15) is 161 Å². The Morgan fingerprint density at radius 3 is 0.944 bits per heavy atom. The van der Waals surface area contributed by atoms with E-state index in [1.807, 2.05) is 0 Å². The van der Waals surface area contributed by atoms with Crippen LogP contribution >= 0.6 is 0 Å². The largest absolute Gasteiger partial charge is 0.481 e. The molecule has 214 valence electrons. The van der Waals surface area contributed by atoms with Crippen LogP contribution in [0.15, 0.2) is 0 Å². The first-order chi connectivity index (χ1) is 17.5. The Bertz CT molecular complexity index is 470. The molecule has 0 fully saturated rings. The van der Waals surface area contributed by atoms with Crippen LogP contribution in [0.5, 0.6) is 0 Å². The normalized spacial score (nSPS) is 10.4. The van der Waals surface area contributed by atoms with Gasteiger partial charge in [-0.2, -0.15) is 0 Å². The number of unbranched alkanes of at least 4 members (excludes halogenated alkanes) is 19. The minimum atomic E-state index is -0.653. The van der Waals surface area contributed by atoms with Crippen LogP contribution in [0, 0.1) is 0 Å². The molecule has 6 nitrogen and oxygen atoms in total. The summed E-state index contributed by atoms with van der Waals surface area (Å²) >= 11 is 0. The summed E-state index contributed by atoms with van der Waals surface area (Å²) in [7, 11) is 2.82. The molecule has 0 heterocycles. The number of esters is 2. The van der Waals surface area contributed by atoms with Crippen molar-refractivity contribution >= 4 is 17.9 Å². The molecule has 0 saturated heterocycles. The maximum atomic E-state index is 10.8. The Balaban J connectivity index is 0. The summed E-state index contributed by atoms with van der Waals surface area (Å²) in [4.78, 5) is 31.9. The summed E-state index contributed by atoms with van der Waals surface area (Å²) in [5.41, 5.74) is 0. The van der Waals surface area contributed by atoms with Gasteiger partial charge < -0.3 is 14.6 Å². The first kappa shape index (κ1) is 36.6. The number of ether oxygens (including phenoxy) is 2. The third-order valence-corrected chi connectivity index (χ3v) is 6.46. The van der Waals surface area contributed by atoms with Crippen molar-refractivity contribution in [3.05, 3.63) is 0 Å². The zero-order chi connectivity index (χ0) is 27.1. The van der Waals surface area contributed by atoms with Crippen LogP contribution in [0.25, 0.3) is 0 Å². The van der Waals surface area contributed by atoms with Crippen molar-refractivity contribution in [3.8, 4) is 0 Å². The lowest BCUT2D eigenvalue weighted by Gasteiger charge is -2.03. The molecular weight excluding hydrogens is 456 g/mol. The highest BCUT2D eigenvalue weighted by molar-refractivity contribution is 5.69. The fourth-order valence-corrected chi connectivity index (χ4v) is 4.10. The van der Waals surface area contributed by atoms with Crippen LogP contribution in [0.3, 0.4) is 0 Å². The number of aliphatic carboxylic acids is 1. The fraction of sp³-hybridized carbons (Fsp3) is 0.900. The monoisotopic (exact) mass is 514 g/mol. The maximum Gasteiger partial charge on any atom is 0.305 e. The highest BCUT2D eigenvalue weighted by Gasteiger charge is 2.01. The molecule has 0 saturated carbocycles. The van der Waals surface area contributed by atoms with E-state index in [0.29, 0.717) is 19.3 Å². The summed E-state index contributed by atoms with van der Waals surface area (Å²) in [6.07, 6.45) is 27.3. The number of methoxy groups -OCH3 is 2. The van der Waals surface area contributed by atoms with Gasteiger partial charge in [0.15, 0.2) is 0 Å². The molecule has 0 atom stereocenters. The van der Waals surface area contributed by atoms with Crippen molar-refractivity contribution in [2.24, 2.45) is 0 Å². The smallest absolute Gasteiger partial charge is 0.305 e. The van der Waals surface area contributed by atoms with Crippen LogP contribution in [-0.4, -0.2) is 37.2 Å². The summed E-state index contributed by atoms with van der Waals surface area (Å²) in [5, 5.41) is 8.52. The lowest BCUT2D eigenvalue weighted by molar-refractivity contribution is -0.141. The second-order valence-corrected chi connectivity index (χ2v) is 9.87. The first-order valence-electron chi connectivity index (χ1n) is 14.8. The topological polar surface area (TPSA) is 89.9 Å². The lowest BCUT2D eigenvalue weighted by Crippen LogP contribution is -1.99. The highest BCUT2D eigenvalue weighted by atomic mass is 16.5. The number of carbonyl (C=O) groups is 3. The van der Waals surface area contributed by atoms with E-state index in [2.05, 4.69) is 16.4 Å². The van der Waals surface area contributed by atoms with E-state index >= 15 is 0 Å². The van der Waals surface area contributed by atoms with Gasteiger partial charge in [0.2, 0.25) is 0 Å². The second kappa shape index (κ2) is 31.4. The van der Waals surface area contributed by atoms with Gasteiger partial charge >= 0.3 is 17.9 Å². The molecule has 0 aliphatic rings. The number of carboxylic acid groups (broad SMARTS) is 1. The molecule has 6 heteroatoms. The third-order valence-electron chi connectivity index (χ3n) is 6.46. The number of hydrogen-bond donors (Lipinski definition) is 1. The van der Waals surface area contributed by atoms with Gasteiger partial charge in [-0.1, -0.05) is 122 Å². The molecule has 0 aromatic heterocycles. The van der Waals surface area contributed by atoms with Gasteiger partial charge in [-0.05, 0) is 19.3 Å². The maximum absolute atomic E-state index is 10.8. The van der Waals surface area contributed by atoms with Crippen molar-refractivity contribution in [2.45, 2.75) is 161 Å². The molecule has 0 unspecified atom stereocenters. The van der Waals surface area contributed by atoms with E-state index in [4.69, 9.17) is 5.11 Å². The quantitative estimate of drug-likeness (QED) is 0.0967. The summed E-state index contributed by atoms with van der Waals surface area (Å²) in [6, 6.07) is 0. The van der Waals surface area contributed by atoms with Gasteiger partial charge in [0.1, 0.15) is 0 Å². The van der Waals surface area contributed by atoms with Gasteiger partial charge in [-0.3, -0.25) is 14.4 Å². The zero-order valence-electron chi connectivity index (χ0n) is 24.0. The fourth-order valence-electron chi connectivity index (χ4n) is 4.10. The van der Waals surface area contributed by atoms with Crippen LogP contribution in [0.2, 0.25) is 0 Å². The number of carboxylic acids is 1. The Morgan fingerprint density at radius 2 is 0.694 bits per heavy atom. The minimum absolute atomic E-state index is 0.134. The Labute approximate surface area is 222 Å². The summed E-state index contributed by atoms with van der Waals surface area (Å²) in [6.45, 7) is 2.27. The van der Waals surface area contributed by atoms with E-state index < -0.39 is 5.97 Å². The van der Waals surface area contributed by atoms with Crippen molar-refractivity contribution in [3.63, 3.8) is 0 Å². The van der Waals surface area contributed by atoms with Gasteiger partial charge in [-0.15, -0.1) is 0 Å². The third kappa shape index (κ3) is 34.6. The molecule has 1 N–H and O–H groups in total. The number of rotatable bonds is 25. The number of carbonyl (C=O) groups excluding carboxylic acids is 2. The summed E-state index contributed by atoms with van der Waals surface area (Å²) < 4.78 is 9.09. The van der Waals surface area contributed by atoms with E-state index in [1.165, 1.54) is 97.7 Å². The predicted octanol–water partition coefficient (Wildman–Crippen LogP) is 8.79. The molecule has 0 bridgehead atoms. The van der Waals surface area contributed by atoms with Crippen molar-refractivity contribution < 1.29 is 29.0 Å². The van der Waals surface area contributed by atoms with Gasteiger partial charge in [-0.25, -0.2) is 0 Å². The van der Waals surface area contributed by atoms with Crippen molar-refractivity contribution in [1.82, 2.24) is 0 Å². The van der Waals surface area contributed by atoms with E-state index in [1.54, 1.807) is 0 Å². The van der Waals surface area contributed by atoms with Gasteiger partial charge in [0.25, 0.3) is 0 Å². The minimum Gasteiger partial charge on any atom is -0.481 e. The molecule has 36 heavy (non-hydrogen) atoms. The summed E-state index contributed by atoms with van der Waals surface area (Å²) in [5.74, 6) is -0.920. The molecule has 0 rings (SSSR count). The predicted molar refractivity (Wildman–Crippen MR) is 148 cm³/mol. The van der Waals surface area contributed by atoms with Crippen LogP contribution in [0.4, 0.5) is 0 Å². The van der Waals surface area contributed by atoms with Crippen molar-refractivity contribution in [1.29, 1.82) is 0 Å². The zero-order valence-corrected chi connectivity index (χ0v) is 24.0. The molecule has 0 radical (unpaired) electrons.